The van der Waals surface area contributed by atoms with Gasteiger partial charge in [0.05, 0.1) is 4.90 Å². The molecule has 3 aromatic rings. The minimum Gasteiger partial charge on any atom is -0.336 e. The summed E-state index contributed by atoms with van der Waals surface area (Å²) in [6.45, 7) is 0.970. The fraction of sp³-hybridized carbons (Fsp3) is 0.231. The van der Waals surface area contributed by atoms with Gasteiger partial charge >= 0.3 is 0 Å². The average molecular weight is 476 g/mol. The van der Waals surface area contributed by atoms with Crippen molar-refractivity contribution in [2.24, 2.45) is 0 Å². The molecule has 2 amide bonds. The van der Waals surface area contributed by atoms with Gasteiger partial charge in [-0.2, -0.15) is 4.72 Å². The molecule has 1 unspecified atom stereocenters. The fourth-order valence-electron chi connectivity index (χ4n) is 4.52. The molecule has 0 spiro atoms. The summed E-state index contributed by atoms with van der Waals surface area (Å²) >= 11 is 0. The van der Waals surface area contributed by atoms with Crippen LogP contribution in [0.2, 0.25) is 0 Å². The normalized spacial score (nSPS) is 16.2. The minimum atomic E-state index is -4.01. The van der Waals surface area contributed by atoms with Gasteiger partial charge in [0.15, 0.2) is 0 Å². The van der Waals surface area contributed by atoms with Crippen molar-refractivity contribution in [2.45, 2.75) is 36.7 Å². The molecule has 0 fully saturated rings. The predicted molar refractivity (Wildman–Crippen MR) is 128 cm³/mol. The first kappa shape index (κ1) is 22.3. The molecule has 174 valence electrons. The first-order valence-electron chi connectivity index (χ1n) is 11.3. The van der Waals surface area contributed by atoms with Gasteiger partial charge in [0.25, 0.3) is 0 Å². The number of aryl methyl sites for hydroxylation is 1. The van der Waals surface area contributed by atoms with Crippen LogP contribution in [0.25, 0.3) is 0 Å². The smallest absolute Gasteiger partial charge is 0.245 e. The Bertz CT molecular complexity index is 1360. The Morgan fingerprint density at radius 2 is 1.62 bits per heavy atom. The van der Waals surface area contributed by atoms with E-state index in [2.05, 4.69) is 16.1 Å². The third kappa shape index (κ3) is 4.47. The van der Waals surface area contributed by atoms with E-state index in [1.165, 1.54) is 11.6 Å². The summed E-state index contributed by atoms with van der Waals surface area (Å²) in [5.74, 6) is -0.367. The van der Waals surface area contributed by atoms with E-state index in [0.29, 0.717) is 37.2 Å². The summed E-state index contributed by atoms with van der Waals surface area (Å²) in [5.41, 5.74) is 4.26. The van der Waals surface area contributed by atoms with Crippen LogP contribution in [-0.4, -0.2) is 31.7 Å². The molecule has 2 aliphatic rings. The zero-order valence-electron chi connectivity index (χ0n) is 18.5. The van der Waals surface area contributed by atoms with Crippen LogP contribution in [0, 0.1) is 0 Å². The van der Waals surface area contributed by atoms with Crippen molar-refractivity contribution < 1.29 is 18.0 Å². The van der Waals surface area contributed by atoms with Gasteiger partial charge in [0.1, 0.15) is 6.04 Å². The van der Waals surface area contributed by atoms with Crippen LogP contribution in [0.4, 0.5) is 5.69 Å². The summed E-state index contributed by atoms with van der Waals surface area (Å²) in [6.07, 6.45) is 1.51. The molecule has 0 aromatic heterocycles. The Morgan fingerprint density at radius 3 is 2.41 bits per heavy atom. The minimum absolute atomic E-state index is 0.0696. The topological polar surface area (TPSA) is 95.6 Å². The zero-order chi connectivity index (χ0) is 23.7. The van der Waals surface area contributed by atoms with Crippen molar-refractivity contribution in [3.63, 3.8) is 0 Å². The highest BCUT2D eigenvalue weighted by atomic mass is 32.2. The molecule has 7 nitrogen and oxygen atoms in total. The largest absolute Gasteiger partial charge is 0.336 e. The van der Waals surface area contributed by atoms with Crippen LogP contribution >= 0.6 is 0 Å². The molecule has 0 aliphatic carbocycles. The molecule has 0 saturated carbocycles. The highest BCUT2D eigenvalue weighted by Crippen LogP contribution is 2.28. The Balaban J connectivity index is 1.44. The number of nitrogens with one attached hydrogen (secondary N) is 2. The monoisotopic (exact) mass is 475 g/mol. The summed E-state index contributed by atoms with van der Waals surface area (Å²) in [4.78, 5) is 27.0. The van der Waals surface area contributed by atoms with Crippen molar-refractivity contribution in [3.8, 4) is 0 Å². The lowest BCUT2D eigenvalue weighted by molar-refractivity contribution is -0.134. The number of benzene rings is 3. The molecule has 8 heteroatoms. The van der Waals surface area contributed by atoms with Crippen molar-refractivity contribution in [1.82, 2.24) is 9.62 Å². The maximum Gasteiger partial charge on any atom is 0.245 e. The van der Waals surface area contributed by atoms with Crippen molar-refractivity contribution in [2.75, 3.05) is 11.9 Å². The number of sulfonamides is 1. The van der Waals surface area contributed by atoms with Gasteiger partial charge < -0.3 is 10.2 Å². The van der Waals surface area contributed by atoms with Gasteiger partial charge in [-0.3, -0.25) is 9.59 Å². The number of anilines is 1. The van der Waals surface area contributed by atoms with E-state index in [4.69, 9.17) is 0 Å². The predicted octanol–water partition coefficient (Wildman–Crippen LogP) is 3.18. The van der Waals surface area contributed by atoms with Crippen molar-refractivity contribution in [3.05, 3.63) is 95.1 Å². The standard InChI is InChI=1S/C26H25N3O4S/c30-24-13-10-20-16-22(11-12-23(20)27-24)34(32,33)28-25(19-7-2-1-3-8-19)26(31)29-15-14-18-6-4-5-9-21(18)17-29/h1-9,11-12,16,25,28H,10,13-15,17H2,(H,27,30). The second-order valence-electron chi connectivity index (χ2n) is 8.61. The first-order chi connectivity index (χ1) is 16.4. The Kier molecular flexibility index (Phi) is 5.93. The lowest BCUT2D eigenvalue weighted by atomic mass is 9.98. The van der Waals surface area contributed by atoms with E-state index in [9.17, 15) is 18.0 Å². The average Bonchev–Trinajstić information content (AvgIpc) is 2.86. The summed E-state index contributed by atoms with van der Waals surface area (Å²) in [7, 11) is -4.01. The number of rotatable bonds is 5. The Labute approximate surface area is 198 Å². The number of hydrogen-bond acceptors (Lipinski definition) is 4. The molecule has 0 saturated heterocycles. The third-order valence-electron chi connectivity index (χ3n) is 6.38. The zero-order valence-corrected chi connectivity index (χ0v) is 19.3. The van der Waals surface area contributed by atoms with E-state index < -0.39 is 16.1 Å². The molecule has 2 N–H and O–H groups in total. The number of amides is 2. The molecular weight excluding hydrogens is 450 g/mol. The van der Waals surface area contributed by atoms with Crippen molar-refractivity contribution in [1.29, 1.82) is 0 Å². The van der Waals surface area contributed by atoms with Gasteiger partial charge in [-0.15, -0.1) is 0 Å². The second-order valence-corrected chi connectivity index (χ2v) is 10.3. The first-order valence-corrected chi connectivity index (χ1v) is 12.7. The molecule has 0 bridgehead atoms. The molecule has 2 aliphatic heterocycles. The van der Waals surface area contributed by atoms with Crippen LogP contribution in [-0.2, 0) is 39.0 Å². The quantitative estimate of drug-likeness (QED) is 0.593. The summed E-state index contributed by atoms with van der Waals surface area (Å²) in [5, 5.41) is 2.76. The van der Waals surface area contributed by atoms with Crippen LogP contribution in [0.1, 0.15) is 34.7 Å². The Morgan fingerprint density at radius 1 is 0.882 bits per heavy atom. The lowest BCUT2D eigenvalue weighted by Gasteiger charge is -2.32. The third-order valence-corrected chi connectivity index (χ3v) is 7.80. The number of carbonyl (C=O) groups excluding carboxylic acids is 2. The van der Waals surface area contributed by atoms with E-state index >= 15 is 0 Å². The van der Waals surface area contributed by atoms with Gasteiger partial charge in [-0.1, -0.05) is 54.6 Å². The fourth-order valence-corrected chi connectivity index (χ4v) is 5.75. The molecular formula is C26H25N3O4S. The summed E-state index contributed by atoms with van der Waals surface area (Å²) in [6, 6.07) is 20.5. The highest BCUT2D eigenvalue weighted by Gasteiger charge is 2.32. The number of hydrogen-bond donors (Lipinski definition) is 2. The molecule has 1 atom stereocenters. The lowest BCUT2D eigenvalue weighted by Crippen LogP contribution is -2.44. The Hall–Kier alpha value is -3.49. The SMILES string of the molecule is O=C1CCc2cc(S(=O)(=O)NC(C(=O)N3CCc4ccccc4C3)c3ccccc3)ccc2N1. The van der Waals surface area contributed by atoms with Crippen molar-refractivity contribution >= 4 is 27.5 Å². The van der Waals surface area contributed by atoms with Gasteiger partial charge in [-0.05, 0) is 53.3 Å². The van der Waals surface area contributed by atoms with Crippen LogP contribution in [0.15, 0.2) is 77.7 Å². The summed E-state index contributed by atoms with van der Waals surface area (Å²) < 4.78 is 29.4. The molecule has 34 heavy (non-hydrogen) atoms. The number of nitrogens with zero attached hydrogens (tertiary/aromatic N) is 1. The van der Waals surface area contributed by atoms with Crippen LogP contribution in [0.5, 0.6) is 0 Å². The number of fused-ring (bicyclic) bond motifs is 2. The highest BCUT2D eigenvalue weighted by molar-refractivity contribution is 7.89. The molecule has 0 radical (unpaired) electrons. The second kappa shape index (κ2) is 9.04. The van der Waals surface area contributed by atoms with E-state index in [1.807, 2.05) is 24.3 Å². The molecule has 3 aromatic carbocycles. The number of carbonyl (C=O) groups is 2. The maximum atomic E-state index is 13.6. The van der Waals surface area contributed by atoms with E-state index in [-0.39, 0.29) is 16.7 Å². The van der Waals surface area contributed by atoms with Gasteiger partial charge in [-0.25, -0.2) is 8.42 Å². The van der Waals surface area contributed by atoms with Crippen LogP contribution < -0.4 is 10.0 Å². The molecule has 2 heterocycles. The van der Waals surface area contributed by atoms with Gasteiger partial charge in [0, 0.05) is 25.2 Å². The van der Waals surface area contributed by atoms with Crippen LogP contribution in [0.3, 0.4) is 0 Å². The maximum absolute atomic E-state index is 13.6. The van der Waals surface area contributed by atoms with Gasteiger partial charge in [0.2, 0.25) is 21.8 Å². The van der Waals surface area contributed by atoms with E-state index in [1.54, 1.807) is 41.3 Å². The van der Waals surface area contributed by atoms with E-state index in [0.717, 1.165) is 17.5 Å². The molecule has 5 rings (SSSR count).